The zero-order valence-corrected chi connectivity index (χ0v) is 17.1. The van der Waals surface area contributed by atoms with Crippen molar-refractivity contribution in [3.63, 3.8) is 0 Å². The molecule has 1 saturated heterocycles. The first-order valence-corrected chi connectivity index (χ1v) is 9.96. The van der Waals surface area contributed by atoms with Crippen molar-refractivity contribution in [3.05, 3.63) is 101 Å². The lowest BCUT2D eigenvalue weighted by Crippen LogP contribution is -2.30. The molecule has 1 amide bonds. The van der Waals surface area contributed by atoms with Crippen LogP contribution in [0.25, 0.3) is 5.76 Å². The van der Waals surface area contributed by atoms with Crippen LogP contribution in [-0.4, -0.2) is 23.4 Å². The van der Waals surface area contributed by atoms with Gasteiger partial charge < -0.3 is 9.84 Å². The highest BCUT2D eigenvalue weighted by atomic mass is 19.1. The van der Waals surface area contributed by atoms with E-state index in [1.807, 2.05) is 6.92 Å². The van der Waals surface area contributed by atoms with Gasteiger partial charge in [-0.2, -0.15) is 0 Å². The molecular formula is C25H19F2NO4. The molecule has 32 heavy (non-hydrogen) atoms. The molecule has 1 aliphatic rings. The Morgan fingerprint density at radius 3 is 2.38 bits per heavy atom. The third kappa shape index (κ3) is 3.73. The number of rotatable bonds is 5. The van der Waals surface area contributed by atoms with Gasteiger partial charge in [-0.1, -0.05) is 24.3 Å². The van der Waals surface area contributed by atoms with Crippen LogP contribution in [-0.2, 0) is 9.59 Å². The van der Waals surface area contributed by atoms with E-state index in [4.69, 9.17) is 4.74 Å². The number of halogens is 2. The largest absolute Gasteiger partial charge is 0.507 e. The minimum Gasteiger partial charge on any atom is -0.507 e. The number of anilines is 1. The maximum absolute atomic E-state index is 14.8. The second-order valence-electron chi connectivity index (χ2n) is 7.13. The number of nitrogens with zero attached hydrogens (tertiary/aromatic N) is 1. The van der Waals surface area contributed by atoms with Gasteiger partial charge in [0.05, 0.1) is 18.2 Å². The van der Waals surface area contributed by atoms with E-state index in [0.29, 0.717) is 12.4 Å². The second kappa shape index (κ2) is 8.63. The van der Waals surface area contributed by atoms with E-state index in [9.17, 15) is 23.5 Å². The minimum atomic E-state index is -1.27. The Hall–Kier alpha value is -4.00. The molecule has 0 saturated carbocycles. The van der Waals surface area contributed by atoms with Gasteiger partial charge in [-0.25, -0.2) is 8.78 Å². The van der Waals surface area contributed by atoms with Crippen molar-refractivity contribution >= 4 is 23.1 Å². The number of amides is 1. The molecule has 5 nitrogen and oxygen atoms in total. The molecule has 0 bridgehead atoms. The summed E-state index contributed by atoms with van der Waals surface area (Å²) in [5.74, 6) is -3.17. The first kappa shape index (κ1) is 21.2. The van der Waals surface area contributed by atoms with Crippen molar-refractivity contribution < 1.29 is 28.2 Å². The molecule has 1 N–H and O–H groups in total. The summed E-state index contributed by atoms with van der Waals surface area (Å²) in [4.78, 5) is 27.0. The lowest BCUT2D eigenvalue weighted by molar-refractivity contribution is -0.132. The van der Waals surface area contributed by atoms with Gasteiger partial charge in [-0.3, -0.25) is 14.5 Å². The molecular weight excluding hydrogens is 416 g/mol. The minimum absolute atomic E-state index is 0.00319. The molecule has 7 heteroatoms. The van der Waals surface area contributed by atoms with Crippen molar-refractivity contribution in [3.8, 4) is 5.75 Å². The molecule has 0 radical (unpaired) electrons. The Morgan fingerprint density at radius 1 is 1.00 bits per heavy atom. The highest BCUT2D eigenvalue weighted by Crippen LogP contribution is 2.43. The van der Waals surface area contributed by atoms with Crippen molar-refractivity contribution in [2.24, 2.45) is 0 Å². The number of Topliss-reactive ketones (excluding diaryl/α,β-unsaturated/α-hetero) is 1. The van der Waals surface area contributed by atoms with E-state index >= 15 is 0 Å². The molecule has 0 spiro atoms. The van der Waals surface area contributed by atoms with E-state index in [0.717, 1.165) is 11.0 Å². The maximum atomic E-state index is 14.8. The van der Waals surface area contributed by atoms with E-state index < -0.39 is 35.1 Å². The van der Waals surface area contributed by atoms with E-state index in [2.05, 4.69) is 0 Å². The number of ether oxygens (including phenoxy) is 1. The van der Waals surface area contributed by atoms with Gasteiger partial charge in [0.1, 0.15) is 23.1 Å². The lowest BCUT2D eigenvalue weighted by Gasteiger charge is -2.25. The third-order valence-corrected chi connectivity index (χ3v) is 5.17. The Kier molecular flexibility index (Phi) is 5.73. The summed E-state index contributed by atoms with van der Waals surface area (Å²) in [6.07, 6.45) is 0. The van der Waals surface area contributed by atoms with Crippen LogP contribution < -0.4 is 9.64 Å². The van der Waals surface area contributed by atoms with Crippen LogP contribution in [0.3, 0.4) is 0 Å². The van der Waals surface area contributed by atoms with Crippen molar-refractivity contribution in [2.45, 2.75) is 13.0 Å². The number of carbonyl (C=O) groups excluding carboxylic acids is 2. The van der Waals surface area contributed by atoms with Gasteiger partial charge in [0.15, 0.2) is 0 Å². The highest BCUT2D eigenvalue weighted by molar-refractivity contribution is 6.51. The number of carbonyl (C=O) groups is 2. The Labute approximate surface area is 183 Å². The van der Waals surface area contributed by atoms with Crippen LogP contribution in [0.5, 0.6) is 5.75 Å². The quantitative estimate of drug-likeness (QED) is 0.348. The van der Waals surface area contributed by atoms with Crippen LogP contribution in [0.4, 0.5) is 14.5 Å². The predicted molar refractivity (Wildman–Crippen MR) is 115 cm³/mol. The lowest BCUT2D eigenvalue weighted by atomic mass is 9.94. The fourth-order valence-electron chi connectivity index (χ4n) is 3.75. The predicted octanol–water partition coefficient (Wildman–Crippen LogP) is 4.99. The molecule has 0 aliphatic carbocycles. The zero-order valence-electron chi connectivity index (χ0n) is 17.1. The summed E-state index contributed by atoms with van der Waals surface area (Å²) in [7, 11) is 0. The summed E-state index contributed by atoms with van der Waals surface area (Å²) in [5, 5.41) is 11.0. The molecule has 3 aromatic rings. The number of hydrogen-bond donors (Lipinski definition) is 1. The summed E-state index contributed by atoms with van der Waals surface area (Å²) in [6.45, 7) is 2.29. The number of hydrogen-bond acceptors (Lipinski definition) is 4. The van der Waals surface area contributed by atoms with Crippen LogP contribution in [0, 0.1) is 11.6 Å². The summed E-state index contributed by atoms with van der Waals surface area (Å²) in [5.41, 5.74) is 0.0510. The normalized spacial score (nSPS) is 17.6. The maximum Gasteiger partial charge on any atom is 0.300 e. The number of aliphatic hydroxyl groups excluding tert-OH is 1. The van der Waals surface area contributed by atoms with Gasteiger partial charge in [0.2, 0.25) is 0 Å². The molecule has 162 valence electrons. The average molecular weight is 435 g/mol. The Morgan fingerprint density at radius 2 is 1.72 bits per heavy atom. The van der Waals surface area contributed by atoms with Gasteiger partial charge in [-0.05, 0) is 55.5 Å². The molecule has 3 aromatic carbocycles. The zero-order chi connectivity index (χ0) is 22.8. The van der Waals surface area contributed by atoms with E-state index in [-0.39, 0.29) is 22.4 Å². The smallest absolute Gasteiger partial charge is 0.300 e. The Balaban J connectivity index is 1.92. The molecule has 1 aliphatic heterocycles. The van der Waals surface area contributed by atoms with Crippen LogP contribution in [0.1, 0.15) is 24.1 Å². The third-order valence-electron chi connectivity index (χ3n) is 5.17. The number of ketones is 1. The first-order chi connectivity index (χ1) is 15.4. The van der Waals surface area contributed by atoms with Gasteiger partial charge >= 0.3 is 0 Å². The van der Waals surface area contributed by atoms with Gasteiger partial charge in [0.25, 0.3) is 11.7 Å². The van der Waals surface area contributed by atoms with Crippen LogP contribution in [0.2, 0.25) is 0 Å². The topological polar surface area (TPSA) is 66.8 Å². The second-order valence-corrected chi connectivity index (χ2v) is 7.13. The number of benzene rings is 3. The molecule has 1 unspecified atom stereocenters. The monoisotopic (exact) mass is 435 g/mol. The molecule has 1 heterocycles. The first-order valence-electron chi connectivity index (χ1n) is 9.96. The van der Waals surface area contributed by atoms with Crippen LogP contribution >= 0.6 is 0 Å². The fraction of sp³-hybridized carbons (Fsp3) is 0.120. The fourth-order valence-corrected chi connectivity index (χ4v) is 3.75. The standard InChI is InChI=1S/C25H19F2NO4/c1-2-32-18-12-10-15(11-13-18)23(29)21-22(19-8-3-4-9-20(19)27)28(25(31)24(21)30)17-7-5-6-16(26)14-17/h3-14,22,29H,2H2,1H3/b23-21+. The van der Waals surface area contributed by atoms with Gasteiger partial charge in [-0.15, -0.1) is 0 Å². The summed E-state index contributed by atoms with van der Waals surface area (Å²) < 4.78 is 34.1. The average Bonchev–Trinajstić information content (AvgIpc) is 3.05. The summed E-state index contributed by atoms with van der Waals surface area (Å²) in [6, 6.07) is 15.8. The van der Waals surface area contributed by atoms with Crippen molar-refractivity contribution in [2.75, 3.05) is 11.5 Å². The molecule has 0 aromatic heterocycles. The highest BCUT2D eigenvalue weighted by Gasteiger charge is 2.47. The van der Waals surface area contributed by atoms with Gasteiger partial charge in [0, 0.05) is 16.8 Å². The van der Waals surface area contributed by atoms with E-state index in [1.165, 1.54) is 48.5 Å². The number of aliphatic hydroxyl groups is 1. The SMILES string of the molecule is CCOc1ccc(/C(O)=C2\C(=O)C(=O)N(c3cccc(F)c3)C2c2ccccc2F)cc1. The van der Waals surface area contributed by atoms with Crippen LogP contribution in [0.15, 0.2) is 78.4 Å². The summed E-state index contributed by atoms with van der Waals surface area (Å²) >= 11 is 0. The van der Waals surface area contributed by atoms with Crippen molar-refractivity contribution in [1.82, 2.24) is 0 Å². The Bertz CT molecular complexity index is 1220. The van der Waals surface area contributed by atoms with E-state index in [1.54, 1.807) is 18.2 Å². The molecule has 1 fully saturated rings. The molecule has 1 atom stereocenters. The van der Waals surface area contributed by atoms with Crippen molar-refractivity contribution in [1.29, 1.82) is 0 Å². The molecule has 4 rings (SSSR count).